The average Bonchev–Trinajstić information content (AvgIpc) is 2.93. The number of benzene rings is 1. The van der Waals surface area contributed by atoms with Crippen LogP contribution in [0.5, 0.6) is 0 Å². The van der Waals surface area contributed by atoms with E-state index in [1.807, 2.05) is 31.9 Å². The molecule has 0 unspecified atom stereocenters. The lowest BCUT2D eigenvalue weighted by Crippen LogP contribution is -2.40. The number of nitrogens with zero attached hydrogens (tertiary/aromatic N) is 3. The van der Waals surface area contributed by atoms with Crippen LogP contribution < -0.4 is 5.32 Å². The first kappa shape index (κ1) is 17.6. The van der Waals surface area contributed by atoms with E-state index in [4.69, 9.17) is 0 Å². The number of halogens is 1. The number of rotatable bonds is 4. The number of aryl methyl sites for hydroxylation is 2. The Hall–Kier alpha value is -2.21. The first-order chi connectivity index (χ1) is 12.0. The fourth-order valence-corrected chi connectivity index (χ4v) is 3.50. The topological polar surface area (TPSA) is 50.2 Å². The molecule has 0 aliphatic carbocycles. The van der Waals surface area contributed by atoms with E-state index in [0.717, 1.165) is 43.9 Å². The molecule has 1 fully saturated rings. The minimum Gasteiger partial charge on any atom is -0.339 e. The molecule has 0 bridgehead atoms. The third kappa shape index (κ3) is 3.74. The summed E-state index contributed by atoms with van der Waals surface area (Å²) in [6, 6.07) is 6.55. The van der Waals surface area contributed by atoms with Gasteiger partial charge in [-0.05, 0) is 70.5 Å². The molecule has 6 heteroatoms. The van der Waals surface area contributed by atoms with E-state index in [-0.39, 0.29) is 5.91 Å². The molecule has 2 heterocycles. The van der Waals surface area contributed by atoms with Gasteiger partial charge in [0, 0.05) is 24.3 Å². The highest BCUT2D eigenvalue weighted by Gasteiger charge is 2.24. The Morgan fingerprint density at radius 2 is 2.00 bits per heavy atom. The van der Waals surface area contributed by atoms with Crippen LogP contribution in [0.2, 0.25) is 0 Å². The molecule has 0 saturated carbocycles. The Morgan fingerprint density at radius 1 is 1.28 bits per heavy atom. The van der Waals surface area contributed by atoms with Crippen molar-refractivity contribution in [3.05, 3.63) is 47.0 Å². The van der Waals surface area contributed by atoms with E-state index in [0.29, 0.717) is 17.2 Å². The lowest BCUT2D eigenvalue weighted by atomic mass is 9.96. The van der Waals surface area contributed by atoms with E-state index in [1.165, 1.54) is 6.07 Å². The molecule has 3 rings (SSSR count). The molecular formula is C19H25FN4O. The van der Waals surface area contributed by atoms with Crippen molar-refractivity contribution in [3.63, 3.8) is 0 Å². The Labute approximate surface area is 147 Å². The number of nitrogens with one attached hydrogen (secondary N) is 1. The van der Waals surface area contributed by atoms with Crippen molar-refractivity contribution in [3.8, 4) is 5.69 Å². The molecular weight excluding hydrogens is 319 g/mol. The Bertz CT molecular complexity index is 763. The van der Waals surface area contributed by atoms with Gasteiger partial charge in [0.1, 0.15) is 11.5 Å². The molecule has 0 radical (unpaired) electrons. The van der Waals surface area contributed by atoms with Gasteiger partial charge in [0.15, 0.2) is 0 Å². The number of amides is 1. The summed E-state index contributed by atoms with van der Waals surface area (Å²) in [6.07, 6.45) is 1.97. The van der Waals surface area contributed by atoms with Gasteiger partial charge in [-0.3, -0.25) is 4.79 Å². The van der Waals surface area contributed by atoms with Crippen LogP contribution in [-0.4, -0.2) is 47.3 Å². The smallest absolute Gasteiger partial charge is 0.253 e. The molecule has 1 aromatic heterocycles. The van der Waals surface area contributed by atoms with Gasteiger partial charge in [-0.2, -0.15) is 5.10 Å². The minimum absolute atomic E-state index is 0.0956. The summed E-state index contributed by atoms with van der Waals surface area (Å²) in [5, 5.41) is 7.49. The van der Waals surface area contributed by atoms with Crippen molar-refractivity contribution >= 4 is 5.91 Å². The van der Waals surface area contributed by atoms with Gasteiger partial charge in [0.2, 0.25) is 0 Å². The predicted molar refractivity (Wildman–Crippen MR) is 95.6 cm³/mol. The van der Waals surface area contributed by atoms with Crippen molar-refractivity contribution in [2.45, 2.75) is 26.7 Å². The van der Waals surface area contributed by atoms with Gasteiger partial charge in [-0.15, -0.1) is 0 Å². The van der Waals surface area contributed by atoms with Gasteiger partial charge < -0.3 is 10.2 Å². The average molecular weight is 344 g/mol. The second-order valence-corrected chi connectivity index (χ2v) is 6.80. The van der Waals surface area contributed by atoms with Crippen molar-refractivity contribution in [1.82, 2.24) is 20.0 Å². The summed E-state index contributed by atoms with van der Waals surface area (Å²) >= 11 is 0. The standard InChI is InChI=1S/C19H25FN4O/c1-13-10-14(2)24(22-13)18-5-4-16(11-17(18)20)19(25)23-8-6-15(7-9-23)12-21-3/h4-5,10-11,15,21H,6-9,12H2,1-3H3. The number of hydrogen-bond donors (Lipinski definition) is 1. The summed E-state index contributed by atoms with van der Waals surface area (Å²) in [5.41, 5.74) is 2.47. The van der Waals surface area contributed by atoms with Crippen molar-refractivity contribution in [2.24, 2.45) is 5.92 Å². The highest BCUT2D eigenvalue weighted by Crippen LogP contribution is 2.21. The zero-order chi connectivity index (χ0) is 18.0. The molecule has 5 nitrogen and oxygen atoms in total. The van der Waals surface area contributed by atoms with E-state index >= 15 is 0 Å². The van der Waals surface area contributed by atoms with Crippen LogP contribution in [0.25, 0.3) is 5.69 Å². The lowest BCUT2D eigenvalue weighted by Gasteiger charge is -2.32. The number of likely N-dealkylation sites (tertiary alicyclic amines) is 1. The van der Waals surface area contributed by atoms with E-state index in [9.17, 15) is 9.18 Å². The van der Waals surface area contributed by atoms with Crippen molar-refractivity contribution in [1.29, 1.82) is 0 Å². The van der Waals surface area contributed by atoms with Gasteiger partial charge in [-0.25, -0.2) is 9.07 Å². The third-order valence-corrected chi connectivity index (χ3v) is 4.83. The molecule has 134 valence electrons. The van der Waals surface area contributed by atoms with Crippen molar-refractivity contribution < 1.29 is 9.18 Å². The van der Waals surface area contributed by atoms with Gasteiger partial charge in [0.25, 0.3) is 5.91 Å². The number of carbonyl (C=O) groups excluding carboxylic acids is 1. The number of carbonyl (C=O) groups is 1. The van der Waals surface area contributed by atoms with Crippen LogP contribution >= 0.6 is 0 Å². The van der Waals surface area contributed by atoms with E-state index < -0.39 is 5.82 Å². The van der Waals surface area contributed by atoms with Gasteiger partial charge in [0.05, 0.1) is 5.69 Å². The number of hydrogen-bond acceptors (Lipinski definition) is 3. The molecule has 1 N–H and O–H groups in total. The highest BCUT2D eigenvalue weighted by atomic mass is 19.1. The maximum Gasteiger partial charge on any atom is 0.253 e. The summed E-state index contributed by atoms with van der Waals surface area (Å²) in [4.78, 5) is 14.5. The number of aromatic nitrogens is 2. The molecule has 1 saturated heterocycles. The monoisotopic (exact) mass is 344 g/mol. The number of piperidine rings is 1. The summed E-state index contributed by atoms with van der Waals surface area (Å²) in [6.45, 7) is 6.19. The lowest BCUT2D eigenvalue weighted by molar-refractivity contribution is 0.0690. The molecule has 25 heavy (non-hydrogen) atoms. The van der Waals surface area contributed by atoms with Crippen LogP contribution in [0.3, 0.4) is 0 Å². The zero-order valence-corrected chi connectivity index (χ0v) is 15.1. The van der Waals surface area contributed by atoms with Gasteiger partial charge in [-0.1, -0.05) is 0 Å². The zero-order valence-electron chi connectivity index (χ0n) is 15.1. The van der Waals surface area contributed by atoms with Crippen LogP contribution in [-0.2, 0) is 0 Å². The second-order valence-electron chi connectivity index (χ2n) is 6.80. The van der Waals surface area contributed by atoms with Crippen LogP contribution in [0.4, 0.5) is 4.39 Å². The molecule has 1 aliphatic rings. The van der Waals surface area contributed by atoms with Crippen LogP contribution in [0.15, 0.2) is 24.3 Å². The fraction of sp³-hybridized carbons (Fsp3) is 0.474. The first-order valence-electron chi connectivity index (χ1n) is 8.76. The van der Waals surface area contributed by atoms with E-state index in [1.54, 1.807) is 16.8 Å². The SMILES string of the molecule is CNCC1CCN(C(=O)c2ccc(-n3nc(C)cc3C)c(F)c2)CC1. The molecule has 0 atom stereocenters. The van der Waals surface area contributed by atoms with Gasteiger partial charge >= 0.3 is 0 Å². The molecule has 1 aliphatic heterocycles. The normalized spacial score (nSPS) is 15.6. The maximum atomic E-state index is 14.6. The Kier molecular flexibility index (Phi) is 5.18. The summed E-state index contributed by atoms with van der Waals surface area (Å²) in [7, 11) is 1.95. The summed E-state index contributed by atoms with van der Waals surface area (Å²) in [5.74, 6) is 0.0861. The Morgan fingerprint density at radius 3 is 2.56 bits per heavy atom. The highest BCUT2D eigenvalue weighted by molar-refractivity contribution is 5.94. The van der Waals surface area contributed by atoms with Crippen molar-refractivity contribution in [2.75, 3.05) is 26.7 Å². The fourth-order valence-electron chi connectivity index (χ4n) is 3.50. The largest absolute Gasteiger partial charge is 0.339 e. The van der Waals surface area contributed by atoms with Crippen LogP contribution in [0, 0.1) is 25.6 Å². The first-order valence-corrected chi connectivity index (χ1v) is 8.76. The minimum atomic E-state index is -0.429. The molecule has 0 spiro atoms. The van der Waals surface area contributed by atoms with E-state index in [2.05, 4.69) is 10.4 Å². The molecule has 2 aromatic rings. The predicted octanol–water partition coefficient (Wildman–Crippen LogP) is 2.70. The second kappa shape index (κ2) is 7.35. The van der Waals surface area contributed by atoms with Crippen LogP contribution in [0.1, 0.15) is 34.6 Å². The third-order valence-electron chi connectivity index (χ3n) is 4.83. The Balaban J connectivity index is 1.75. The molecule has 1 aromatic carbocycles. The maximum absolute atomic E-state index is 14.6. The quantitative estimate of drug-likeness (QED) is 0.928. The summed E-state index contributed by atoms with van der Waals surface area (Å²) < 4.78 is 16.1. The molecule has 1 amide bonds.